The quantitative estimate of drug-likeness (QED) is 0.862. The Kier molecular flexibility index (Phi) is 4.63. The van der Waals surface area contributed by atoms with Gasteiger partial charge in [-0.25, -0.2) is 0 Å². The van der Waals surface area contributed by atoms with Crippen molar-refractivity contribution in [2.45, 2.75) is 18.8 Å². The second-order valence-electron chi connectivity index (χ2n) is 5.57. The summed E-state index contributed by atoms with van der Waals surface area (Å²) < 4.78 is 43.6. The zero-order valence-electron chi connectivity index (χ0n) is 12.5. The monoisotopic (exact) mass is 322 g/mol. The number of ether oxygens (including phenoxy) is 1. The van der Waals surface area contributed by atoms with Crippen molar-refractivity contribution in [1.29, 1.82) is 0 Å². The van der Waals surface area contributed by atoms with E-state index in [0.717, 1.165) is 36.3 Å². The van der Waals surface area contributed by atoms with Crippen LogP contribution >= 0.6 is 0 Å². The van der Waals surface area contributed by atoms with Gasteiger partial charge in [-0.1, -0.05) is 12.1 Å². The molecule has 0 unspecified atom stereocenters. The van der Waals surface area contributed by atoms with Crippen molar-refractivity contribution in [2.75, 3.05) is 19.7 Å². The average Bonchev–Trinajstić information content (AvgIpc) is 2.55. The first-order chi connectivity index (χ1) is 11.0. The molecule has 1 fully saturated rings. The molecular formula is C17H17F3N2O. The van der Waals surface area contributed by atoms with Crippen LogP contribution in [0.2, 0.25) is 0 Å². The summed E-state index contributed by atoms with van der Waals surface area (Å²) in [5.74, 6) is 0. The maximum Gasteiger partial charge on any atom is 0.416 e. The molecule has 0 N–H and O–H groups in total. The molecule has 0 bridgehead atoms. The molecule has 3 nitrogen and oxygen atoms in total. The first-order valence-electron chi connectivity index (χ1n) is 7.42. The smallest absolute Gasteiger partial charge is 0.371 e. The average molecular weight is 322 g/mol. The minimum Gasteiger partial charge on any atom is -0.371 e. The molecule has 1 saturated heterocycles. The summed E-state index contributed by atoms with van der Waals surface area (Å²) in [4.78, 5) is 6.23. The number of nitrogens with zero attached hydrogens (tertiary/aromatic N) is 2. The molecule has 6 heteroatoms. The van der Waals surface area contributed by atoms with Crippen LogP contribution in [0.25, 0.3) is 0 Å². The fraction of sp³-hybridized carbons (Fsp3) is 0.353. The summed E-state index contributed by atoms with van der Waals surface area (Å²) in [7, 11) is 0. The zero-order valence-corrected chi connectivity index (χ0v) is 12.5. The summed E-state index contributed by atoms with van der Waals surface area (Å²) >= 11 is 0. The van der Waals surface area contributed by atoms with Crippen LogP contribution in [0.5, 0.6) is 0 Å². The van der Waals surface area contributed by atoms with Crippen LogP contribution < -0.4 is 0 Å². The van der Waals surface area contributed by atoms with E-state index < -0.39 is 11.7 Å². The third-order valence-electron chi connectivity index (χ3n) is 3.92. The number of aromatic nitrogens is 1. The lowest BCUT2D eigenvalue weighted by Gasteiger charge is -2.33. The van der Waals surface area contributed by atoms with Crippen LogP contribution in [0.1, 0.15) is 22.8 Å². The van der Waals surface area contributed by atoms with Crippen LogP contribution in [0.3, 0.4) is 0 Å². The molecule has 0 aliphatic carbocycles. The maximum atomic E-state index is 12.6. The molecule has 1 aromatic heterocycles. The van der Waals surface area contributed by atoms with E-state index in [4.69, 9.17) is 4.74 Å². The molecule has 3 rings (SSSR count). The van der Waals surface area contributed by atoms with Crippen LogP contribution in [0, 0.1) is 0 Å². The topological polar surface area (TPSA) is 25.4 Å². The third kappa shape index (κ3) is 4.09. The molecule has 0 spiro atoms. The Morgan fingerprint density at radius 3 is 2.43 bits per heavy atom. The van der Waals surface area contributed by atoms with Gasteiger partial charge in [-0.2, -0.15) is 13.2 Å². The summed E-state index contributed by atoms with van der Waals surface area (Å²) in [6.07, 6.45) is -1.00. The van der Waals surface area contributed by atoms with Crippen LogP contribution in [-0.2, 0) is 17.5 Å². The fourth-order valence-electron chi connectivity index (χ4n) is 2.68. The molecular weight excluding hydrogens is 305 g/mol. The van der Waals surface area contributed by atoms with Crippen LogP contribution in [0.4, 0.5) is 13.2 Å². The minimum absolute atomic E-state index is 0.201. The molecule has 1 aromatic carbocycles. The van der Waals surface area contributed by atoms with Crippen molar-refractivity contribution in [2.24, 2.45) is 0 Å². The van der Waals surface area contributed by atoms with E-state index in [-0.39, 0.29) is 6.10 Å². The van der Waals surface area contributed by atoms with Crippen LogP contribution in [-0.4, -0.2) is 29.6 Å². The highest BCUT2D eigenvalue weighted by atomic mass is 19.4. The predicted octanol–water partition coefficient (Wildman–Crippen LogP) is 3.67. The standard InChI is InChI=1S/C17H17F3N2O/c18-17(19,20)15-3-1-14(2-4-15)16-12-22(9-10-23-16)11-13-5-7-21-8-6-13/h1-8,16H,9-12H2/t16-/m0/s1. The number of pyridine rings is 1. The van der Waals surface area contributed by atoms with Crippen LogP contribution in [0.15, 0.2) is 48.8 Å². The third-order valence-corrected chi connectivity index (χ3v) is 3.92. The Morgan fingerprint density at radius 1 is 1.09 bits per heavy atom. The van der Waals surface area contributed by atoms with Gasteiger partial charge in [0.05, 0.1) is 18.3 Å². The van der Waals surface area contributed by atoms with Gasteiger partial charge in [0.1, 0.15) is 0 Å². The molecule has 122 valence electrons. The van der Waals surface area contributed by atoms with Crippen molar-refractivity contribution in [3.8, 4) is 0 Å². The van der Waals surface area contributed by atoms with Gasteiger partial charge in [0.15, 0.2) is 0 Å². The number of alkyl halides is 3. The molecule has 0 radical (unpaired) electrons. The molecule has 1 aliphatic heterocycles. The zero-order chi connectivity index (χ0) is 16.3. The molecule has 1 atom stereocenters. The first-order valence-corrected chi connectivity index (χ1v) is 7.42. The second kappa shape index (κ2) is 6.68. The first kappa shape index (κ1) is 16.0. The molecule has 0 saturated carbocycles. The van der Waals surface area contributed by atoms with E-state index in [1.807, 2.05) is 12.1 Å². The van der Waals surface area contributed by atoms with Gasteiger partial charge >= 0.3 is 6.18 Å². The number of morpholine rings is 1. The van der Waals surface area contributed by atoms with E-state index in [1.165, 1.54) is 12.1 Å². The Hall–Kier alpha value is -1.92. The lowest BCUT2D eigenvalue weighted by Crippen LogP contribution is -2.37. The van der Waals surface area contributed by atoms with E-state index in [0.29, 0.717) is 13.2 Å². The molecule has 2 heterocycles. The van der Waals surface area contributed by atoms with Crippen molar-refractivity contribution < 1.29 is 17.9 Å². The highest BCUT2D eigenvalue weighted by molar-refractivity contribution is 5.26. The van der Waals surface area contributed by atoms with Crippen molar-refractivity contribution in [3.63, 3.8) is 0 Å². The summed E-state index contributed by atoms with van der Waals surface area (Å²) in [6.45, 7) is 2.81. The Balaban J connectivity index is 1.66. The van der Waals surface area contributed by atoms with Gasteiger partial charge in [-0.15, -0.1) is 0 Å². The van der Waals surface area contributed by atoms with Gasteiger partial charge in [-0.3, -0.25) is 9.88 Å². The summed E-state index contributed by atoms with van der Waals surface area (Å²) in [5.41, 5.74) is 1.30. The fourth-order valence-corrected chi connectivity index (χ4v) is 2.68. The Morgan fingerprint density at radius 2 is 1.78 bits per heavy atom. The van der Waals surface area contributed by atoms with Gasteiger partial charge < -0.3 is 4.74 Å². The normalized spacial score (nSPS) is 19.7. The van der Waals surface area contributed by atoms with Crippen molar-refractivity contribution in [1.82, 2.24) is 9.88 Å². The molecule has 23 heavy (non-hydrogen) atoms. The van der Waals surface area contributed by atoms with Gasteiger partial charge in [0.25, 0.3) is 0 Å². The SMILES string of the molecule is FC(F)(F)c1ccc([C@@H]2CN(Cc3ccncc3)CCO2)cc1. The predicted molar refractivity (Wildman–Crippen MR) is 79.7 cm³/mol. The van der Waals surface area contributed by atoms with Crippen molar-refractivity contribution in [3.05, 3.63) is 65.5 Å². The largest absolute Gasteiger partial charge is 0.416 e. The van der Waals surface area contributed by atoms with E-state index in [2.05, 4.69) is 9.88 Å². The molecule has 0 amide bonds. The maximum absolute atomic E-state index is 12.6. The van der Waals surface area contributed by atoms with Gasteiger partial charge in [-0.05, 0) is 35.4 Å². The number of hydrogen-bond acceptors (Lipinski definition) is 3. The highest BCUT2D eigenvalue weighted by Crippen LogP contribution is 2.31. The van der Waals surface area contributed by atoms with E-state index >= 15 is 0 Å². The van der Waals surface area contributed by atoms with Gasteiger partial charge in [0, 0.05) is 32.0 Å². The van der Waals surface area contributed by atoms with E-state index in [9.17, 15) is 13.2 Å². The lowest BCUT2D eigenvalue weighted by atomic mass is 10.0. The van der Waals surface area contributed by atoms with Gasteiger partial charge in [0.2, 0.25) is 0 Å². The Bertz CT molecular complexity index is 629. The molecule has 1 aliphatic rings. The second-order valence-corrected chi connectivity index (χ2v) is 5.57. The lowest BCUT2D eigenvalue weighted by molar-refractivity contribution is -0.137. The Labute approximate surface area is 132 Å². The molecule has 2 aromatic rings. The number of benzene rings is 1. The number of hydrogen-bond donors (Lipinski definition) is 0. The summed E-state index contributed by atoms with van der Waals surface area (Å²) in [5, 5.41) is 0. The highest BCUT2D eigenvalue weighted by Gasteiger charge is 2.30. The minimum atomic E-state index is -4.31. The number of halogens is 3. The van der Waals surface area contributed by atoms with Crippen molar-refractivity contribution >= 4 is 0 Å². The number of rotatable bonds is 3. The summed E-state index contributed by atoms with van der Waals surface area (Å²) in [6, 6.07) is 9.15. The van der Waals surface area contributed by atoms with E-state index in [1.54, 1.807) is 12.4 Å².